The van der Waals surface area contributed by atoms with E-state index in [-0.39, 0.29) is 17.5 Å². The molecule has 0 amide bonds. The molecule has 0 radical (unpaired) electrons. The Bertz CT molecular complexity index is 3070. The van der Waals surface area contributed by atoms with Gasteiger partial charge >= 0.3 is 0 Å². The van der Waals surface area contributed by atoms with Gasteiger partial charge in [0.05, 0.1) is 11.3 Å². The Kier molecular flexibility index (Phi) is 9.60. The monoisotopic (exact) mass is 811 g/mol. The lowest BCUT2D eigenvalue weighted by Gasteiger charge is -2.46. The zero-order chi connectivity index (χ0) is 44.3. The highest BCUT2D eigenvalue weighted by Crippen LogP contribution is 2.48. The lowest BCUT2D eigenvalue weighted by molar-refractivity contribution is 0.590. The Morgan fingerprint density at radius 3 is 1.44 bits per heavy atom. The summed E-state index contributed by atoms with van der Waals surface area (Å²) in [6.07, 6.45) is 0. The maximum absolute atomic E-state index is 7.63. The summed E-state index contributed by atoms with van der Waals surface area (Å²) in [6.45, 7) is 13.9. The molecule has 2 aliphatic heterocycles. The minimum atomic E-state index is -0.174. The molecule has 3 heterocycles. The van der Waals surface area contributed by atoms with Gasteiger partial charge in [-0.15, -0.1) is 0 Å². The zero-order valence-electron chi connectivity index (χ0n) is 39.0. The van der Waals surface area contributed by atoms with E-state index in [1.54, 1.807) is 0 Å². The Hall–Kier alpha value is -6.07. The van der Waals surface area contributed by atoms with Crippen LogP contribution in [0.15, 0.2) is 138 Å². The van der Waals surface area contributed by atoms with Crippen LogP contribution in [0.4, 0.5) is 51.2 Å². The first-order valence-electron chi connectivity index (χ1n) is 22.6. The van der Waals surface area contributed by atoms with E-state index in [0.29, 0.717) is 0 Å². The minimum absolute atomic E-state index is 0.0633. The molecule has 2 aliphatic rings. The number of anilines is 9. The average Bonchev–Trinajstić information content (AvgIpc) is 3.67. The van der Waals surface area contributed by atoms with Gasteiger partial charge in [0.25, 0.3) is 6.71 Å². The molecule has 0 aliphatic carbocycles. The van der Waals surface area contributed by atoms with E-state index in [0.717, 1.165) is 39.7 Å². The standard InChI is InChI=1S/C52H52B7N3O/c1-51(2,3)29-27-34-44-35(28-29)62(33-25-17-10-18-26-33)48-43(58)47(60(30-19-11-7-12-20-30)31-21-13-8-14-22-31)41(56)40(55)45(48)59(44)50-46(61(34)32-23-15-9-16-24-32)36-38(53)37(52(4,5)6)39(54)42(57)49(36)63-50/h7-28H,53-58H2,1-6H3. The van der Waals surface area contributed by atoms with Gasteiger partial charge in [-0.3, -0.25) is 0 Å². The van der Waals surface area contributed by atoms with Crippen LogP contribution in [0.2, 0.25) is 0 Å². The Labute approximate surface area is 379 Å². The van der Waals surface area contributed by atoms with Crippen LogP contribution < -0.4 is 64.1 Å². The second-order valence-corrected chi connectivity index (χ2v) is 20.0. The topological polar surface area (TPSA) is 22.9 Å². The van der Waals surface area contributed by atoms with Gasteiger partial charge in [-0.1, -0.05) is 147 Å². The molecule has 0 bridgehead atoms. The molecule has 0 unspecified atom stereocenters. The van der Waals surface area contributed by atoms with Crippen molar-refractivity contribution in [2.45, 2.75) is 52.4 Å². The first-order chi connectivity index (χ1) is 30.1. The van der Waals surface area contributed by atoms with E-state index in [4.69, 9.17) is 4.42 Å². The number of hydrogen-bond donors (Lipinski definition) is 0. The molecule has 10 rings (SSSR count). The zero-order valence-corrected chi connectivity index (χ0v) is 39.0. The van der Waals surface area contributed by atoms with Crippen LogP contribution in [0.25, 0.3) is 11.0 Å². The van der Waals surface area contributed by atoms with Crippen molar-refractivity contribution >= 4 is 165 Å². The van der Waals surface area contributed by atoms with E-state index < -0.39 is 0 Å². The average molecular weight is 811 g/mol. The molecular formula is C52H52B7N3O. The van der Waals surface area contributed by atoms with Gasteiger partial charge in [0, 0.05) is 50.9 Å². The van der Waals surface area contributed by atoms with Crippen molar-refractivity contribution in [3.63, 3.8) is 0 Å². The van der Waals surface area contributed by atoms with Crippen LogP contribution in [0.5, 0.6) is 0 Å². The van der Waals surface area contributed by atoms with Gasteiger partial charge in [0.2, 0.25) is 0 Å². The van der Waals surface area contributed by atoms with Crippen molar-refractivity contribution in [3.8, 4) is 0 Å². The van der Waals surface area contributed by atoms with E-state index in [9.17, 15) is 0 Å². The normalized spacial score (nSPS) is 13.2. The van der Waals surface area contributed by atoms with Crippen molar-refractivity contribution in [3.05, 3.63) is 145 Å². The molecule has 63 heavy (non-hydrogen) atoms. The second-order valence-electron chi connectivity index (χ2n) is 20.0. The van der Waals surface area contributed by atoms with Crippen molar-refractivity contribution in [1.82, 2.24) is 0 Å². The third-order valence-corrected chi connectivity index (χ3v) is 14.0. The lowest BCUT2D eigenvalue weighted by Crippen LogP contribution is -2.68. The fourth-order valence-corrected chi connectivity index (χ4v) is 11.1. The molecule has 8 aromatic rings. The molecule has 1 aromatic heterocycles. The van der Waals surface area contributed by atoms with Crippen LogP contribution in [-0.2, 0) is 10.8 Å². The predicted octanol–water partition coefficient (Wildman–Crippen LogP) is 2.13. The molecule has 0 N–H and O–H groups in total. The third kappa shape index (κ3) is 6.20. The lowest BCUT2D eigenvalue weighted by atomic mass is 9.33. The summed E-state index contributed by atoms with van der Waals surface area (Å²) in [7, 11) is 13.9. The summed E-state index contributed by atoms with van der Waals surface area (Å²) in [5.41, 5.74) is 25.1. The number of hydrogen-bond acceptors (Lipinski definition) is 4. The summed E-state index contributed by atoms with van der Waals surface area (Å²) in [5.74, 6) is 0. The molecule has 11 heteroatoms. The molecule has 0 spiro atoms. The number of fused-ring (bicyclic) bond motifs is 6. The highest BCUT2D eigenvalue weighted by molar-refractivity contribution is 7.02. The summed E-state index contributed by atoms with van der Waals surface area (Å²) in [5, 5.41) is 1.21. The smallest absolute Gasteiger partial charge is 0.296 e. The van der Waals surface area contributed by atoms with Crippen molar-refractivity contribution < 1.29 is 4.42 Å². The van der Waals surface area contributed by atoms with Crippen LogP contribution in [0, 0.1) is 0 Å². The maximum atomic E-state index is 7.63. The molecule has 0 saturated heterocycles. The van der Waals surface area contributed by atoms with Gasteiger partial charge in [-0.25, -0.2) is 0 Å². The minimum Gasteiger partial charge on any atom is -0.469 e. The van der Waals surface area contributed by atoms with Crippen LogP contribution in [0.3, 0.4) is 0 Å². The van der Waals surface area contributed by atoms with Gasteiger partial charge in [-0.2, -0.15) is 0 Å². The van der Waals surface area contributed by atoms with E-state index >= 15 is 0 Å². The number of benzene rings is 7. The molecule has 7 aromatic carbocycles. The molecular weight excluding hydrogens is 758 g/mol. The first-order valence-corrected chi connectivity index (χ1v) is 22.6. The summed E-state index contributed by atoms with van der Waals surface area (Å²) >= 11 is 0. The van der Waals surface area contributed by atoms with E-state index in [1.807, 2.05) is 0 Å². The Morgan fingerprint density at radius 2 is 0.968 bits per heavy atom. The molecule has 0 atom stereocenters. The second kappa shape index (κ2) is 14.8. The fourth-order valence-electron chi connectivity index (χ4n) is 11.1. The van der Waals surface area contributed by atoms with Gasteiger partial charge in [0.15, 0.2) is 0 Å². The largest absolute Gasteiger partial charge is 0.469 e. The van der Waals surface area contributed by atoms with Crippen LogP contribution >= 0.6 is 0 Å². The molecule has 4 nitrogen and oxygen atoms in total. The highest BCUT2D eigenvalue weighted by Gasteiger charge is 2.49. The quantitative estimate of drug-likeness (QED) is 0.249. The first kappa shape index (κ1) is 41.0. The number of rotatable bonds is 5. The van der Waals surface area contributed by atoms with E-state index in [1.165, 1.54) is 83.0 Å². The molecule has 0 saturated carbocycles. The number of nitrogens with zero attached hydrogens (tertiary/aromatic N) is 3. The predicted molar refractivity (Wildman–Crippen MR) is 291 cm³/mol. The van der Waals surface area contributed by atoms with Gasteiger partial charge in [0.1, 0.15) is 52.7 Å². The van der Waals surface area contributed by atoms with Crippen LogP contribution in [-0.4, -0.2) is 53.8 Å². The number of furan rings is 1. The van der Waals surface area contributed by atoms with Gasteiger partial charge < -0.3 is 19.1 Å². The number of para-hydroxylation sites is 4. The molecule has 0 fully saturated rings. The van der Waals surface area contributed by atoms with Gasteiger partial charge in [-0.05, 0) is 93.4 Å². The SMILES string of the molecule is Bc1c(B)c(N(c2ccccc2)c2ccccc2)c(B)c2c1B1c3oc4c(B)c(B)c(C(C)(C)C)c(B)c4c3N(c3ccccc3)c3cc(C(C)(C)C)cc(c31)N2c1ccccc1. The Balaban J connectivity index is 1.41. The van der Waals surface area contributed by atoms with Crippen LogP contribution in [0.1, 0.15) is 52.7 Å². The highest BCUT2D eigenvalue weighted by atomic mass is 16.3. The van der Waals surface area contributed by atoms with E-state index in [2.05, 4.69) is 237 Å². The van der Waals surface area contributed by atoms with Crippen molar-refractivity contribution in [2.75, 3.05) is 14.7 Å². The van der Waals surface area contributed by atoms with Crippen molar-refractivity contribution in [2.24, 2.45) is 0 Å². The molecule has 302 valence electrons. The Morgan fingerprint density at radius 1 is 0.492 bits per heavy atom. The summed E-state index contributed by atoms with van der Waals surface area (Å²) in [4.78, 5) is 7.58. The maximum Gasteiger partial charge on any atom is 0.296 e. The third-order valence-electron chi connectivity index (χ3n) is 14.0. The summed E-state index contributed by atoms with van der Waals surface area (Å²) in [6, 6.07) is 48.7. The summed E-state index contributed by atoms with van der Waals surface area (Å²) < 4.78 is 7.63. The fraction of sp³-hybridized carbons (Fsp3) is 0.154. The van der Waals surface area contributed by atoms with Crippen molar-refractivity contribution in [1.29, 1.82) is 0 Å².